The van der Waals surface area contributed by atoms with Crippen molar-refractivity contribution < 1.29 is 9.90 Å². The molecule has 1 aliphatic rings. The molecule has 110 valence electrons. The average molecular weight is 299 g/mol. The van der Waals surface area contributed by atoms with Gasteiger partial charge in [-0.05, 0) is 27.4 Å². The van der Waals surface area contributed by atoms with E-state index in [2.05, 4.69) is 9.97 Å². The van der Waals surface area contributed by atoms with Crippen LogP contribution in [0.15, 0.2) is 0 Å². The Labute approximate surface area is 123 Å². The van der Waals surface area contributed by atoms with E-state index in [-0.39, 0.29) is 16.8 Å². The Morgan fingerprint density at radius 3 is 2.80 bits per heavy atom. The number of aromatic nitrogens is 2. The maximum atomic E-state index is 11.3. The maximum absolute atomic E-state index is 11.3. The lowest BCUT2D eigenvalue weighted by atomic mass is 10.2. The minimum atomic E-state index is -0.423. The van der Waals surface area contributed by atoms with Crippen molar-refractivity contribution in [3.8, 4) is 0 Å². The van der Waals surface area contributed by atoms with Crippen LogP contribution in [0.5, 0.6) is 0 Å². The van der Waals surface area contributed by atoms with Crippen molar-refractivity contribution in [2.45, 2.75) is 25.5 Å². The molecule has 1 saturated heterocycles. The zero-order chi connectivity index (χ0) is 14.9. The average Bonchev–Trinajstić information content (AvgIpc) is 2.68. The van der Waals surface area contributed by atoms with E-state index in [1.165, 1.54) is 0 Å². The molecule has 1 aliphatic heterocycles. The molecular weight excluding hydrogens is 280 g/mol. The van der Waals surface area contributed by atoms with Crippen LogP contribution in [0.4, 0.5) is 5.82 Å². The van der Waals surface area contributed by atoms with Crippen LogP contribution in [0.1, 0.15) is 22.6 Å². The van der Waals surface area contributed by atoms with E-state index in [1.807, 2.05) is 23.9 Å². The van der Waals surface area contributed by atoms with Crippen LogP contribution < -0.4 is 4.90 Å². The Morgan fingerprint density at radius 2 is 2.20 bits per heavy atom. The Bertz CT molecular complexity index is 509. The van der Waals surface area contributed by atoms with E-state index in [1.54, 1.807) is 6.92 Å². The highest BCUT2D eigenvalue weighted by atomic mass is 35.5. The molecule has 0 bridgehead atoms. The summed E-state index contributed by atoms with van der Waals surface area (Å²) in [6.45, 7) is 2.96. The molecule has 20 heavy (non-hydrogen) atoms. The number of nitrogens with zero attached hydrogens (tertiary/aromatic N) is 4. The van der Waals surface area contributed by atoms with Gasteiger partial charge >= 0.3 is 0 Å². The molecule has 6 nitrogen and oxygen atoms in total. The first kappa shape index (κ1) is 15.2. The number of aliphatic hydroxyl groups excluding tert-OH is 1. The predicted octanol–water partition coefficient (Wildman–Crippen LogP) is 0.752. The second-order valence-electron chi connectivity index (χ2n) is 5.37. The van der Waals surface area contributed by atoms with Gasteiger partial charge in [0.2, 0.25) is 0 Å². The molecule has 1 N–H and O–H groups in total. The number of aryl methyl sites for hydroxylation is 1. The molecule has 0 radical (unpaired) electrons. The molecule has 0 aliphatic carbocycles. The lowest BCUT2D eigenvalue weighted by Crippen LogP contribution is -2.38. The number of aliphatic hydroxyl groups is 1. The Hall–Kier alpha value is -1.24. The van der Waals surface area contributed by atoms with E-state index >= 15 is 0 Å². The van der Waals surface area contributed by atoms with Crippen LogP contribution in [-0.2, 0) is 0 Å². The lowest BCUT2D eigenvalue weighted by molar-refractivity contribution is 0.112. The zero-order valence-electron chi connectivity index (χ0n) is 11.9. The summed E-state index contributed by atoms with van der Waals surface area (Å²) in [7, 11) is 3.95. The van der Waals surface area contributed by atoms with Crippen LogP contribution in [0.2, 0.25) is 5.15 Å². The number of hydrogen-bond donors (Lipinski definition) is 1. The van der Waals surface area contributed by atoms with E-state index in [9.17, 15) is 9.90 Å². The number of β-amino-alcohol motifs (C(OH)–C–C–N with tert-alkyl or cyclic N) is 1. The van der Waals surface area contributed by atoms with Gasteiger partial charge in [0.05, 0.1) is 11.7 Å². The molecule has 2 unspecified atom stereocenters. The highest BCUT2D eigenvalue weighted by molar-refractivity contribution is 6.32. The number of halogens is 1. The fourth-order valence-corrected chi connectivity index (χ4v) is 2.85. The van der Waals surface area contributed by atoms with Gasteiger partial charge in [0, 0.05) is 19.1 Å². The summed E-state index contributed by atoms with van der Waals surface area (Å²) in [5.41, 5.74) is 0.287. The van der Waals surface area contributed by atoms with Gasteiger partial charge in [-0.25, -0.2) is 9.97 Å². The molecule has 1 aromatic rings. The molecule has 0 amide bonds. The summed E-state index contributed by atoms with van der Waals surface area (Å²) >= 11 is 6.02. The van der Waals surface area contributed by atoms with Gasteiger partial charge in [0.1, 0.15) is 16.8 Å². The largest absolute Gasteiger partial charge is 0.391 e. The van der Waals surface area contributed by atoms with E-state index in [4.69, 9.17) is 11.6 Å². The second kappa shape index (κ2) is 6.03. The minimum Gasteiger partial charge on any atom is -0.391 e. The van der Waals surface area contributed by atoms with Crippen LogP contribution in [0.25, 0.3) is 0 Å². The summed E-state index contributed by atoms with van der Waals surface area (Å²) in [4.78, 5) is 23.6. The Kier molecular flexibility index (Phi) is 4.57. The molecule has 2 rings (SSSR count). The molecule has 0 aromatic carbocycles. The number of rotatable bonds is 4. The highest BCUT2D eigenvalue weighted by Gasteiger charge is 2.34. The SMILES string of the molecule is Cc1nc(Cl)c(C=O)c(N2CC(O)CC2CN(C)C)n1. The third-order valence-corrected chi connectivity index (χ3v) is 3.64. The summed E-state index contributed by atoms with van der Waals surface area (Å²) < 4.78 is 0. The van der Waals surface area contributed by atoms with Crippen molar-refractivity contribution >= 4 is 23.7 Å². The quantitative estimate of drug-likeness (QED) is 0.653. The molecular formula is C13H19ClN4O2. The number of hydrogen-bond acceptors (Lipinski definition) is 6. The smallest absolute Gasteiger partial charge is 0.156 e. The number of anilines is 1. The number of aldehydes is 1. The van der Waals surface area contributed by atoms with Gasteiger partial charge < -0.3 is 14.9 Å². The highest BCUT2D eigenvalue weighted by Crippen LogP contribution is 2.29. The molecule has 1 fully saturated rings. The maximum Gasteiger partial charge on any atom is 0.156 e. The van der Waals surface area contributed by atoms with Gasteiger partial charge in [-0.1, -0.05) is 11.6 Å². The van der Waals surface area contributed by atoms with Crippen LogP contribution >= 0.6 is 11.6 Å². The third kappa shape index (κ3) is 3.08. The topological polar surface area (TPSA) is 69.6 Å². The van der Waals surface area contributed by atoms with E-state index < -0.39 is 6.10 Å². The normalized spacial score (nSPS) is 22.6. The van der Waals surface area contributed by atoms with Crippen molar-refractivity contribution in [3.05, 3.63) is 16.5 Å². The van der Waals surface area contributed by atoms with Crippen LogP contribution in [0, 0.1) is 6.92 Å². The monoisotopic (exact) mass is 298 g/mol. The van der Waals surface area contributed by atoms with Crippen molar-refractivity contribution in [1.29, 1.82) is 0 Å². The fourth-order valence-electron chi connectivity index (χ4n) is 2.60. The van der Waals surface area contributed by atoms with Gasteiger partial charge in [-0.3, -0.25) is 4.79 Å². The first-order valence-corrected chi connectivity index (χ1v) is 6.89. The second-order valence-corrected chi connectivity index (χ2v) is 5.73. The standard InChI is InChI=1S/C13H19ClN4O2/c1-8-15-12(14)11(7-19)13(16-8)18-6-10(20)4-9(18)5-17(2)3/h7,9-10,20H,4-6H2,1-3H3. The summed E-state index contributed by atoms with van der Waals surface area (Å²) in [6.07, 6.45) is 0.902. The number of carbonyl (C=O) groups is 1. The van der Waals surface area contributed by atoms with E-state index in [0.29, 0.717) is 30.9 Å². The molecule has 2 heterocycles. The number of likely N-dealkylation sites (N-methyl/N-ethyl adjacent to an activating group) is 1. The van der Waals surface area contributed by atoms with Crippen LogP contribution in [-0.4, -0.2) is 65.6 Å². The first-order valence-electron chi connectivity index (χ1n) is 6.51. The minimum absolute atomic E-state index is 0.101. The van der Waals surface area contributed by atoms with Crippen molar-refractivity contribution in [1.82, 2.24) is 14.9 Å². The van der Waals surface area contributed by atoms with Crippen molar-refractivity contribution in [2.75, 3.05) is 32.1 Å². The van der Waals surface area contributed by atoms with Gasteiger partial charge in [0.25, 0.3) is 0 Å². The van der Waals surface area contributed by atoms with E-state index in [0.717, 1.165) is 6.54 Å². The van der Waals surface area contributed by atoms with Crippen molar-refractivity contribution in [3.63, 3.8) is 0 Å². The summed E-state index contributed by atoms with van der Waals surface area (Å²) in [5, 5.41) is 10.1. The Balaban J connectivity index is 2.40. The molecule has 0 spiro atoms. The fraction of sp³-hybridized carbons (Fsp3) is 0.615. The molecule has 2 atom stereocenters. The zero-order valence-corrected chi connectivity index (χ0v) is 12.6. The number of carbonyl (C=O) groups excluding carboxylic acids is 1. The molecule has 7 heteroatoms. The Morgan fingerprint density at radius 1 is 1.50 bits per heavy atom. The molecule has 1 aromatic heterocycles. The van der Waals surface area contributed by atoms with Gasteiger partial charge in [-0.15, -0.1) is 0 Å². The van der Waals surface area contributed by atoms with Crippen molar-refractivity contribution in [2.24, 2.45) is 0 Å². The third-order valence-electron chi connectivity index (χ3n) is 3.35. The molecule has 0 saturated carbocycles. The van der Waals surface area contributed by atoms with Gasteiger partial charge in [0.15, 0.2) is 6.29 Å². The van der Waals surface area contributed by atoms with Crippen LogP contribution in [0.3, 0.4) is 0 Å². The summed E-state index contributed by atoms with van der Waals surface area (Å²) in [5.74, 6) is 1.03. The lowest BCUT2D eigenvalue weighted by Gasteiger charge is -2.28. The first-order chi connectivity index (χ1) is 9.42. The summed E-state index contributed by atoms with van der Waals surface area (Å²) in [6, 6.07) is 0.101. The van der Waals surface area contributed by atoms with Gasteiger partial charge in [-0.2, -0.15) is 0 Å². The predicted molar refractivity (Wildman–Crippen MR) is 77.5 cm³/mol.